The van der Waals surface area contributed by atoms with Gasteiger partial charge in [-0.1, -0.05) is 51.1 Å². The maximum atomic E-state index is 13.0. The number of anilines is 1. The van der Waals surface area contributed by atoms with Gasteiger partial charge in [0.15, 0.2) is 0 Å². The van der Waals surface area contributed by atoms with Crippen molar-refractivity contribution in [2.45, 2.75) is 34.2 Å². The normalized spacial score (nSPS) is 11.5. The summed E-state index contributed by atoms with van der Waals surface area (Å²) in [5.74, 6) is -0.0212. The van der Waals surface area contributed by atoms with E-state index >= 15 is 0 Å². The Bertz CT molecular complexity index is 998. The molecule has 0 saturated heterocycles. The molecule has 4 nitrogen and oxygen atoms in total. The predicted octanol–water partition coefficient (Wildman–Crippen LogP) is 4.42. The van der Waals surface area contributed by atoms with Gasteiger partial charge in [0, 0.05) is 22.2 Å². The molecule has 26 heavy (non-hydrogen) atoms. The number of fused-ring (bicyclic) bond motifs is 1. The van der Waals surface area contributed by atoms with E-state index < -0.39 is 5.41 Å². The van der Waals surface area contributed by atoms with E-state index in [-0.39, 0.29) is 18.0 Å². The third-order valence-corrected chi connectivity index (χ3v) is 4.36. The van der Waals surface area contributed by atoms with E-state index in [0.29, 0.717) is 5.56 Å². The molecule has 0 fully saturated rings. The average Bonchev–Trinajstić information content (AvgIpc) is 2.59. The summed E-state index contributed by atoms with van der Waals surface area (Å²) in [6, 6.07) is 17.3. The molecular formula is C22H24N2O2. The van der Waals surface area contributed by atoms with Gasteiger partial charge >= 0.3 is 0 Å². The number of hydrogen-bond donors (Lipinski definition) is 1. The van der Waals surface area contributed by atoms with Crippen molar-refractivity contribution in [1.82, 2.24) is 4.98 Å². The van der Waals surface area contributed by atoms with Crippen LogP contribution in [0.25, 0.3) is 10.9 Å². The van der Waals surface area contributed by atoms with Crippen molar-refractivity contribution in [1.29, 1.82) is 0 Å². The first-order valence-corrected chi connectivity index (χ1v) is 8.75. The van der Waals surface area contributed by atoms with Crippen LogP contribution >= 0.6 is 0 Å². The van der Waals surface area contributed by atoms with Gasteiger partial charge in [0.1, 0.15) is 0 Å². The number of carbonyl (C=O) groups is 1. The van der Waals surface area contributed by atoms with E-state index in [1.165, 1.54) is 0 Å². The smallest absolute Gasteiger partial charge is 0.253 e. The van der Waals surface area contributed by atoms with Crippen molar-refractivity contribution in [2.24, 2.45) is 5.41 Å². The maximum Gasteiger partial charge on any atom is 0.253 e. The summed E-state index contributed by atoms with van der Waals surface area (Å²) in [7, 11) is 0. The van der Waals surface area contributed by atoms with Gasteiger partial charge in [-0.2, -0.15) is 0 Å². The van der Waals surface area contributed by atoms with Crippen LogP contribution in [0.15, 0.2) is 59.4 Å². The molecule has 134 valence electrons. The van der Waals surface area contributed by atoms with Gasteiger partial charge in [-0.3, -0.25) is 9.59 Å². The van der Waals surface area contributed by atoms with Crippen LogP contribution in [0.2, 0.25) is 0 Å². The lowest BCUT2D eigenvalue weighted by molar-refractivity contribution is -0.125. The first kappa shape index (κ1) is 17.9. The lowest BCUT2D eigenvalue weighted by Crippen LogP contribution is -2.40. The van der Waals surface area contributed by atoms with Crippen LogP contribution in [0.5, 0.6) is 0 Å². The summed E-state index contributed by atoms with van der Waals surface area (Å²) in [6.45, 7) is 7.89. The fourth-order valence-electron chi connectivity index (χ4n) is 2.94. The Labute approximate surface area is 153 Å². The molecule has 0 aliphatic heterocycles. The molecule has 1 aromatic heterocycles. The van der Waals surface area contributed by atoms with E-state index in [0.717, 1.165) is 22.2 Å². The van der Waals surface area contributed by atoms with Crippen molar-refractivity contribution in [3.63, 3.8) is 0 Å². The summed E-state index contributed by atoms with van der Waals surface area (Å²) >= 11 is 0. The lowest BCUT2D eigenvalue weighted by Gasteiger charge is -2.29. The number of nitrogens with one attached hydrogen (secondary N) is 1. The van der Waals surface area contributed by atoms with Crippen molar-refractivity contribution in [3.05, 3.63) is 76.1 Å². The number of carbonyl (C=O) groups excluding carboxylic acids is 1. The number of aromatic amines is 1. The molecule has 0 bridgehead atoms. The number of rotatable bonds is 3. The SMILES string of the molecule is Cc1ccc2cc(CN(C(=O)C(C)(C)C)c3ccccc3)c(=O)[nH]c2c1. The zero-order valence-electron chi connectivity index (χ0n) is 15.7. The minimum Gasteiger partial charge on any atom is -0.322 e. The molecule has 3 rings (SSSR count). The zero-order valence-corrected chi connectivity index (χ0v) is 15.7. The number of hydrogen-bond acceptors (Lipinski definition) is 2. The molecule has 4 heteroatoms. The standard InChI is InChI=1S/C22H24N2O2/c1-15-10-11-16-13-17(20(25)23-19(16)12-15)14-24(21(26)22(2,3)4)18-8-6-5-7-9-18/h5-13H,14H2,1-4H3,(H,23,25). The second-order valence-corrected chi connectivity index (χ2v) is 7.69. The minimum atomic E-state index is -0.545. The molecule has 0 unspecified atom stereocenters. The molecule has 0 radical (unpaired) electrons. The summed E-state index contributed by atoms with van der Waals surface area (Å²) < 4.78 is 0. The first-order chi connectivity index (χ1) is 12.3. The molecule has 1 N–H and O–H groups in total. The van der Waals surface area contributed by atoms with Crippen LogP contribution in [0.4, 0.5) is 5.69 Å². The third kappa shape index (κ3) is 3.69. The molecule has 1 heterocycles. The number of nitrogens with zero attached hydrogens (tertiary/aromatic N) is 1. The monoisotopic (exact) mass is 348 g/mol. The summed E-state index contributed by atoms with van der Waals surface area (Å²) in [6.07, 6.45) is 0. The van der Waals surface area contributed by atoms with Crippen molar-refractivity contribution < 1.29 is 4.79 Å². The Hall–Kier alpha value is -2.88. The van der Waals surface area contributed by atoms with Gasteiger partial charge in [-0.05, 0) is 42.1 Å². The summed E-state index contributed by atoms with van der Waals surface area (Å²) in [5.41, 5.74) is 2.56. The van der Waals surface area contributed by atoms with Crippen LogP contribution in [-0.4, -0.2) is 10.9 Å². The van der Waals surface area contributed by atoms with Gasteiger partial charge in [0.05, 0.1) is 6.54 Å². The van der Waals surface area contributed by atoms with Crippen LogP contribution in [0.3, 0.4) is 0 Å². The molecule has 0 atom stereocenters. The van der Waals surface area contributed by atoms with Crippen LogP contribution in [-0.2, 0) is 11.3 Å². The van der Waals surface area contributed by atoms with Crippen LogP contribution in [0.1, 0.15) is 31.9 Å². The van der Waals surface area contributed by atoms with E-state index in [9.17, 15) is 9.59 Å². The van der Waals surface area contributed by atoms with Crippen LogP contribution in [0, 0.1) is 12.3 Å². The molecule has 3 aromatic rings. The molecule has 0 aliphatic carbocycles. The maximum absolute atomic E-state index is 13.0. The Kier molecular flexibility index (Phi) is 4.68. The van der Waals surface area contributed by atoms with Crippen molar-refractivity contribution in [3.8, 4) is 0 Å². The molecule has 1 amide bonds. The highest BCUT2D eigenvalue weighted by Crippen LogP contribution is 2.25. The summed E-state index contributed by atoms with van der Waals surface area (Å²) in [4.78, 5) is 30.2. The highest BCUT2D eigenvalue weighted by atomic mass is 16.2. The largest absolute Gasteiger partial charge is 0.322 e. The van der Waals surface area contributed by atoms with Gasteiger partial charge in [-0.25, -0.2) is 0 Å². The lowest BCUT2D eigenvalue weighted by atomic mass is 9.94. The third-order valence-electron chi connectivity index (χ3n) is 4.36. The number of benzene rings is 2. The highest BCUT2D eigenvalue weighted by molar-refractivity contribution is 5.96. The Morgan fingerprint density at radius 1 is 1.04 bits per heavy atom. The number of aromatic nitrogens is 1. The molecule has 0 spiro atoms. The van der Waals surface area contributed by atoms with Gasteiger partial charge in [0.25, 0.3) is 5.56 Å². The topological polar surface area (TPSA) is 53.2 Å². The number of para-hydroxylation sites is 1. The molecule has 0 aliphatic rings. The fraction of sp³-hybridized carbons (Fsp3) is 0.273. The van der Waals surface area contributed by atoms with E-state index in [1.807, 2.05) is 82.3 Å². The first-order valence-electron chi connectivity index (χ1n) is 8.75. The van der Waals surface area contributed by atoms with Gasteiger partial charge < -0.3 is 9.88 Å². The average molecular weight is 348 g/mol. The van der Waals surface area contributed by atoms with E-state index in [1.54, 1.807) is 4.90 Å². The number of amides is 1. The predicted molar refractivity (Wildman–Crippen MR) is 106 cm³/mol. The van der Waals surface area contributed by atoms with Crippen molar-refractivity contribution >= 4 is 22.5 Å². The number of H-pyrrole nitrogens is 1. The van der Waals surface area contributed by atoms with Gasteiger partial charge in [0.2, 0.25) is 5.91 Å². The highest BCUT2D eigenvalue weighted by Gasteiger charge is 2.28. The quantitative estimate of drug-likeness (QED) is 0.762. The van der Waals surface area contributed by atoms with E-state index in [4.69, 9.17) is 0 Å². The summed E-state index contributed by atoms with van der Waals surface area (Å²) in [5, 5.41) is 0.960. The second kappa shape index (κ2) is 6.79. The van der Waals surface area contributed by atoms with Crippen molar-refractivity contribution in [2.75, 3.05) is 4.90 Å². The van der Waals surface area contributed by atoms with E-state index in [2.05, 4.69) is 4.98 Å². The Balaban J connectivity index is 2.06. The Morgan fingerprint density at radius 2 is 1.73 bits per heavy atom. The molecule has 0 saturated carbocycles. The number of aryl methyl sites for hydroxylation is 1. The fourth-order valence-corrected chi connectivity index (χ4v) is 2.94. The second-order valence-electron chi connectivity index (χ2n) is 7.69. The zero-order chi connectivity index (χ0) is 18.9. The molecular weight excluding hydrogens is 324 g/mol. The Morgan fingerprint density at radius 3 is 2.38 bits per heavy atom. The number of pyridine rings is 1. The van der Waals surface area contributed by atoms with Gasteiger partial charge in [-0.15, -0.1) is 0 Å². The van der Waals surface area contributed by atoms with Crippen LogP contribution < -0.4 is 10.5 Å². The molecule has 2 aromatic carbocycles. The minimum absolute atomic E-state index is 0.0212.